The summed E-state index contributed by atoms with van der Waals surface area (Å²) in [6.07, 6.45) is 3.48. The molecule has 1 heterocycles. The molecule has 0 bridgehead atoms. The lowest BCUT2D eigenvalue weighted by atomic mass is 9.94. The predicted molar refractivity (Wildman–Crippen MR) is 56.8 cm³/mol. The maximum atomic E-state index is 8.82. The molecule has 0 unspecified atom stereocenters. The maximum Gasteiger partial charge on any atom is 0.100 e. The Bertz CT molecular complexity index is 291. The third-order valence-electron chi connectivity index (χ3n) is 2.53. The summed E-state index contributed by atoms with van der Waals surface area (Å²) in [6.45, 7) is 4.43. The number of hydrogen-bond acceptors (Lipinski definition) is 2. The minimum Gasteiger partial charge on any atom is -0.192 e. The topological polar surface area (TPSA) is 23.8 Å². The molecule has 0 radical (unpaired) electrons. The van der Waals surface area contributed by atoms with Gasteiger partial charge in [-0.15, -0.1) is 0 Å². The summed E-state index contributed by atoms with van der Waals surface area (Å²) in [7, 11) is 0. The highest BCUT2D eigenvalue weighted by Gasteiger charge is 2.09. The van der Waals surface area contributed by atoms with Gasteiger partial charge in [0.05, 0.1) is 5.56 Å². The van der Waals surface area contributed by atoms with E-state index < -0.39 is 0 Å². The molecule has 0 aliphatic rings. The van der Waals surface area contributed by atoms with Gasteiger partial charge in [0.15, 0.2) is 0 Å². The van der Waals surface area contributed by atoms with Crippen LogP contribution in [0.1, 0.15) is 37.8 Å². The van der Waals surface area contributed by atoms with Crippen molar-refractivity contribution in [2.45, 2.75) is 33.1 Å². The highest BCUT2D eigenvalue weighted by molar-refractivity contribution is 7.08. The smallest absolute Gasteiger partial charge is 0.100 e. The van der Waals surface area contributed by atoms with Crippen molar-refractivity contribution in [2.75, 3.05) is 0 Å². The molecular formula is C11H15NS. The van der Waals surface area contributed by atoms with Gasteiger partial charge in [-0.1, -0.05) is 26.7 Å². The monoisotopic (exact) mass is 193 g/mol. The number of nitriles is 1. The van der Waals surface area contributed by atoms with Gasteiger partial charge in [0.2, 0.25) is 0 Å². The molecule has 1 rings (SSSR count). The van der Waals surface area contributed by atoms with Crippen LogP contribution in [0.3, 0.4) is 0 Å². The Morgan fingerprint density at radius 1 is 1.38 bits per heavy atom. The zero-order valence-electron chi connectivity index (χ0n) is 8.21. The van der Waals surface area contributed by atoms with E-state index in [1.54, 1.807) is 11.3 Å². The van der Waals surface area contributed by atoms with Crippen LogP contribution in [0.2, 0.25) is 0 Å². The third kappa shape index (κ3) is 2.57. The normalized spacial score (nSPS) is 10.3. The maximum absolute atomic E-state index is 8.82. The first-order valence-electron chi connectivity index (χ1n) is 4.76. The average Bonchev–Trinajstić information content (AvgIpc) is 2.61. The van der Waals surface area contributed by atoms with Gasteiger partial charge in [-0.05, 0) is 23.3 Å². The lowest BCUT2D eigenvalue weighted by molar-refractivity contribution is 0.491. The van der Waals surface area contributed by atoms with Gasteiger partial charge in [0.1, 0.15) is 6.07 Å². The van der Waals surface area contributed by atoms with Crippen LogP contribution in [0.25, 0.3) is 0 Å². The Morgan fingerprint density at radius 3 is 2.62 bits per heavy atom. The van der Waals surface area contributed by atoms with Gasteiger partial charge in [0.25, 0.3) is 0 Å². The van der Waals surface area contributed by atoms with Crippen molar-refractivity contribution in [3.63, 3.8) is 0 Å². The Balaban J connectivity index is 2.68. The summed E-state index contributed by atoms with van der Waals surface area (Å²) in [5.41, 5.74) is 2.11. The fraction of sp³-hybridized carbons (Fsp3) is 0.545. The molecule has 0 N–H and O–H groups in total. The van der Waals surface area contributed by atoms with Gasteiger partial charge < -0.3 is 0 Å². The number of thiophene rings is 1. The van der Waals surface area contributed by atoms with Crippen molar-refractivity contribution in [3.05, 3.63) is 21.9 Å². The Kier molecular flexibility index (Phi) is 3.98. The van der Waals surface area contributed by atoms with Crippen LogP contribution in [0.4, 0.5) is 0 Å². The molecule has 70 valence electrons. The van der Waals surface area contributed by atoms with Crippen molar-refractivity contribution in [2.24, 2.45) is 5.92 Å². The zero-order chi connectivity index (χ0) is 9.68. The molecule has 2 heteroatoms. The minimum absolute atomic E-state index is 0.738. The van der Waals surface area contributed by atoms with Crippen molar-refractivity contribution in [3.8, 4) is 6.07 Å². The van der Waals surface area contributed by atoms with Crippen LogP contribution in [-0.4, -0.2) is 0 Å². The highest BCUT2D eigenvalue weighted by Crippen LogP contribution is 2.21. The first-order valence-corrected chi connectivity index (χ1v) is 5.71. The summed E-state index contributed by atoms with van der Waals surface area (Å²) in [5, 5.41) is 12.9. The Labute approximate surface area is 84.0 Å². The number of nitrogens with zero attached hydrogens (tertiary/aromatic N) is 1. The van der Waals surface area contributed by atoms with Crippen LogP contribution in [0.5, 0.6) is 0 Å². The summed E-state index contributed by atoms with van der Waals surface area (Å²) in [5.74, 6) is 0.738. The van der Waals surface area contributed by atoms with E-state index >= 15 is 0 Å². The van der Waals surface area contributed by atoms with Crippen molar-refractivity contribution < 1.29 is 0 Å². The first-order chi connectivity index (χ1) is 6.31. The van der Waals surface area contributed by atoms with Crippen LogP contribution < -0.4 is 0 Å². The zero-order valence-corrected chi connectivity index (χ0v) is 9.03. The van der Waals surface area contributed by atoms with E-state index in [0.717, 1.165) is 17.9 Å². The second-order valence-corrected chi connectivity index (χ2v) is 4.05. The summed E-state index contributed by atoms with van der Waals surface area (Å²) >= 11 is 1.63. The molecule has 1 aromatic rings. The van der Waals surface area contributed by atoms with E-state index in [1.165, 1.54) is 18.4 Å². The molecule has 0 aliphatic heterocycles. The minimum atomic E-state index is 0.738. The summed E-state index contributed by atoms with van der Waals surface area (Å²) < 4.78 is 0. The quantitative estimate of drug-likeness (QED) is 0.716. The first kappa shape index (κ1) is 10.3. The molecule has 0 aliphatic carbocycles. The van der Waals surface area contributed by atoms with E-state index in [9.17, 15) is 0 Å². The third-order valence-corrected chi connectivity index (χ3v) is 3.32. The van der Waals surface area contributed by atoms with Gasteiger partial charge in [-0.25, -0.2) is 0 Å². The lowest BCUT2D eigenvalue weighted by Crippen LogP contribution is -2.01. The summed E-state index contributed by atoms with van der Waals surface area (Å²) in [6, 6.07) is 2.24. The molecule has 0 saturated heterocycles. The van der Waals surface area contributed by atoms with Crippen molar-refractivity contribution in [1.82, 2.24) is 0 Å². The Morgan fingerprint density at radius 2 is 2.08 bits per heavy atom. The van der Waals surface area contributed by atoms with Gasteiger partial charge >= 0.3 is 0 Å². The molecule has 13 heavy (non-hydrogen) atoms. The van der Waals surface area contributed by atoms with Crippen LogP contribution in [-0.2, 0) is 6.42 Å². The molecule has 1 aromatic heterocycles. The molecule has 0 saturated carbocycles. The van der Waals surface area contributed by atoms with E-state index in [0.29, 0.717) is 0 Å². The molecule has 0 amide bonds. The highest BCUT2D eigenvalue weighted by atomic mass is 32.1. The van der Waals surface area contributed by atoms with E-state index in [-0.39, 0.29) is 0 Å². The largest absolute Gasteiger partial charge is 0.192 e. The molecule has 0 spiro atoms. The summed E-state index contributed by atoms with van der Waals surface area (Å²) in [4.78, 5) is 0. The Hall–Kier alpha value is -0.810. The fourth-order valence-electron chi connectivity index (χ4n) is 1.47. The molecule has 0 aromatic carbocycles. The SMILES string of the molecule is CCC(CC)Cc1cscc1C#N. The van der Waals surface area contributed by atoms with Gasteiger partial charge in [-0.2, -0.15) is 16.6 Å². The molecular weight excluding hydrogens is 178 g/mol. The molecule has 0 atom stereocenters. The fourth-order valence-corrected chi connectivity index (χ4v) is 2.26. The van der Waals surface area contributed by atoms with E-state index in [4.69, 9.17) is 5.26 Å². The molecule has 1 nitrogen and oxygen atoms in total. The lowest BCUT2D eigenvalue weighted by Gasteiger charge is -2.10. The average molecular weight is 193 g/mol. The van der Waals surface area contributed by atoms with Crippen LogP contribution in [0, 0.1) is 17.2 Å². The van der Waals surface area contributed by atoms with E-state index in [2.05, 4.69) is 25.3 Å². The van der Waals surface area contributed by atoms with Gasteiger partial charge in [-0.3, -0.25) is 0 Å². The van der Waals surface area contributed by atoms with E-state index in [1.807, 2.05) is 5.38 Å². The number of rotatable bonds is 4. The van der Waals surface area contributed by atoms with Crippen molar-refractivity contribution in [1.29, 1.82) is 5.26 Å². The number of hydrogen-bond donors (Lipinski definition) is 0. The standard InChI is InChI=1S/C11H15NS/c1-3-9(4-2)5-10-7-13-8-11(10)6-12/h7-9H,3-5H2,1-2H3. The van der Waals surface area contributed by atoms with Crippen molar-refractivity contribution >= 4 is 11.3 Å². The van der Waals surface area contributed by atoms with Crippen LogP contribution in [0.15, 0.2) is 10.8 Å². The molecule has 0 fully saturated rings. The van der Waals surface area contributed by atoms with Gasteiger partial charge in [0, 0.05) is 5.38 Å². The second kappa shape index (κ2) is 5.04. The predicted octanol–water partition coefficient (Wildman–Crippen LogP) is 3.60. The second-order valence-electron chi connectivity index (χ2n) is 3.31. The van der Waals surface area contributed by atoms with Crippen LogP contribution >= 0.6 is 11.3 Å².